The van der Waals surface area contributed by atoms with E-state index >= 15 is 0 Å². The zero-order valence-electron chi connectivity index (χ0n) is 9.29. The third-order valence-electron chi connectivity index (χ3n) is 2.46. The molecule has 0 saturated heterocycles. The molecule has 0 amide bonds. The molecule has 82 valence electrons. The lowest BCUT2D eigenvalue weighted by molar-refractivity contribution is 0.319. The van der Waals surface area contributed by atoms with Gasteiger partial charge in [-0.3, -0.25) is 0 Å². The van der Waals surface area contributed by atoms with Crippen LogP contribution < -0.4 is 0 Å². The van der Waals surface area contributed by atoms with Crippen molar-refractivity contribution >= 4 is 11.4 Å². The van der Waals surface area contributed by atoms with E-state index in [1.165, 1.54) is 0 Å². The van der Waals surface area contributed by atoms with Crippen LogP contribution in [0.4, 0.5) is 0 Å². The number of rotatable bonds is 2. The Kier molecular flexibility index (Phi) is 3.14. The lowest BCUT2D eigenvalue weighted by atomic mass is 10.1. The highest BCUT2D eigenvalue weighted by atomic mass is 16.4. The van der Waals surface area contributed by atoms with Gasteiger partial charge in [-0.15, -0.1) is 0 Å². The van der Waals surface area contributed by atoms with Crippen molar-refractivity contribution in [2.24, 2.45) is 10.3 Å². The van der Waals surface area contributed by atoms with Gasteiger partial charge in [-0.25, -0.2) is 0 Å². The summed E-state index contributed by atoms with van der Waals surface area (Å²) in [6.45, 7) is 7.19. The summed E-state index contributed by atoms with van der Waals surface area (Å²) < 4.78 is 0. The van der Waals surface area contributed by atoms with E-state index in [0.29, 0.717) is 11.4 Å². The number of hydrogen-bond donors (Lipinski definition) is 3. The van der Waals surface area contributed by atoms with Gasteiger partial charge in [-0.05, 0) is 33.3 Å². The molecule has 1 heterocycles. The highest BCUT2D eigenvalue weighted by Gasteiger charge is 2.15. The third kappa shape index (κ3) is 1.86. The monoisotopic (exact) mass is 209 g/mol. The standard InChI is InChI=1S/C10H15N3O2/c1-5-9(7(3)12-14)6(2)11-10(5)8(4)13-15/h11,14-15H,1-4H3/b12-7?,13-8+. The minimum atomic E-state index is 0.507. The van der Waals surface area contributed by atoms with Gasteiger partial charge in [0.1, 0.15) is 5.71 Å². The second kappa shape index (κ2) is 4.16. The van der Waals surface area contributed by atoms with E-state index in [1.54, 1.807) is 13.8 Å². The SMILES string of the molecule is CC(=NO)c1c(C)[nH]c(/C(C)=N/O)c1C. The van der Waals surface area contributed by atoms with Crippen molar-refractivity contribution in [3.05, 3.63) is 22.5 Å². The Morgan fingerprint density at radius 3 is 2.07 bits per heavy atom. The lowest BCUT2D eigenvalue weighted by Crippen LogP contribution is -2.00. The number of hydrogen-bond acceptors (Lipinski definition) is 4. The first-order valence-electron chi connectivity index (χ1n) is 4.60. The Bertz CT molecular complexity index is 430. The number of nitrogens with one attached hydrogen (secondary N) is 1. The van der Waals surface area contributed by atoms with Gasteiger partial charge in [-0.1, -0.05) is 10.3 Å². The van der Waals surface area contributed by atoms with Crippen molar-refractivity contribution in [2.75, 3.05) is 0 Å². The molecule has 1 rings (SSSR count). The second-order valence-electron chi connectivity index (χ2n) is 3.50. The van der Waals surface area contributed by atoms with Crippen LogP contribution >= 0.6 is 0 Å². The number of H-pyrrole nitrogens is 1. The maximum absolute atomic E-state index is 8.74. The van der Waals surface area contributed by atoms with Crippen LogP contribution in [0.3, 0.4) is 0 Å². The molecular weight excluding hydrogens is 194 g/mol. The average molecular weight is 209 g/mol. The first-order chi connectivity index (χ1) is 7.02. The van der Waals surface area contributed by atoms with Crippen LogP contribution in [0.15, 0.2) is 10.3 Å². The number of aryl methyl sites for hydroxylation is 1. The largest absolute Gasteiger partial charge is 0.411 e. The first-order valence-corrected chi connectivity index (χ1v) is 4.60. The normalized spacial score (nSPS) is 13.3. The molecule has 0 atom stereocenters. The quantitative estimate of drug-likeness (QED) is 0.395. The van der Waals surface area contributed by atoms with Crippen LogP contribution in [0, 0.1) is 13.8 Å². The molecule has 0 radical (unpaired) electrons. The third-order valence-corrected chi connectivity index (χ3v) is 2.46. The molecule has 5 heteroatoms. The maximum Gasteiger partial charge on any atom is 0.100 e. The summed E-state index contributed by atoms with van der Waals surface area (Å²) in [5.74, 6) is 0. The summed E-state index contributed by atoms with van der Waals surface area (Å²) in [5.41, 5.74) is 4.47. The van der Waals surface area contributed by atoms with Gasteiger partial charge in [0.25, 0.3) is 0 Å². The Morgan fingerprint density at radius 2 is 1.60 bits per heavy atom. The smallest absolute Gasteiger partial charge is 0.100 e. The second-order valence-corrected chi connectivity index (χ2v) is 3.50. The Morgan fingerprint density at radius 1 is 1.07 bits per heavy atom. The molecule has 1 aromatic rings. The molecule has 3 N–H and O–H groups in total. The Balaban J connectivity index is 3.39. The molecule has 0 spiro atoms. The molecule has 0 unspecified atom stereocenters. The average Bonchev–Trinajstić information content (AvgIpc) is 2.52. The summed E-state index contributed by atoms with van der Waals surface area (Å²) in [4.78, 5) is 3.10. The molecule has 0 bridgehead atoms. The van der Waals surface area contributed by atoms with Gasteiger partial charge < -0.3 is 15.4 Å². The Labute approximate surface area is 88.1 Å². The highest BCUT2D eigenvalue weighted by Crippen LogP contribution is 2.19. The van der Waals surface area contributed by atoms with Crippen molar-refractivity contribution in [1.82, 2.24) is 4.98 Å². The van der Waals surface area contributed by atoms with E-state index in [-0.39, 0.29) is 0 Å². The van der Waals surface area contributed by atoms with E-state index in [1.807, 2.05) is 13.8 Å². The van der Waals surface area contributed by atoms with E-state index in [4.69, 9.17) is 10.4 Å². The van der Waals surface area contributed by atoms with E-state index in [0.717, 1.165) is 22.5 Å². The molecule has 5 nitrogen and oxygen atoms in total. The highest BCUT2D eigenvalue weighted by molar-refractivity contribution is 6.06. The fourth-order valence-corrected chi connectivity index (χ4v) is 1.75. The fourth-order valence-electron chi connectivity index (χ4n) is 1.75. The van der Waals surface area contributed by atoms with E-state index in [9.17, 15) is 0 Å². The topological polar surface area (TPSA) is 81.0 Å². The van der Waals surface area contributed by atoms with Crippen molar-refractivity contribution in [2.45, 2.75) is 27.7 Å². The van der Waals surface area contributed by atoms with Gasteiger partial charge in [0.15, 0.2) is 0 Å². The molecule has 0 saturated carbocycles. The van der Waals surface area contributed by atoms with Gasteiger partial charge in [-0.2, -0.15) is 0 Å². The predicted octanol–water partition coefficient (Wildman–Crippen LogP) is 2.03. The predicted molar refractivity (Wildman–Crippen MR) is 58.3 cm³/mol. The van der Waals surface area contributed by atoms with Crippen molar-refractivity contribution < 1.29 is 10.4 Å². The van der Waals surface area contributed by atoms with Crippen molar-refractivity contribution in [1.29, 1.82) is 0 Å². The number of nitrogens with zero attached hydrogens (tertiary/aromatic N) is 2. The maximum atomic E-state index is 8.74. The van der Waals surface area contributed by atoms with E-state index < -0.39 is 0 Å². The summed E-state index contributed by atoms with van der Waals surface area (Å²) in [6, 6.07) is 0. The van der Waals surface area contributed by atoms with Crippen molar-refractivity contribution in [3.63, 3.8) is 0 Å². The van der Waals surface area contributed by atoms with Crippen molar-refractivity contribution in [3.8, 4) is 0 Å². The zero-order valence-corrected chi connectivity index (χ0v) is 9.29. The molecule has 0 fully saturated rings. The molecular formula is C10H15N3O2. The van der Waals surface area contributed by atoms with Gasteiger partial charge >= 0.3 is 0 Å². The Hall–Kier alpha value is -1.78. The molecule has 15 heavy (non-hydrogen) atoms. The minimum absolute atomic E-state index is 0.507. The lowest BCUT2D eigenvalue weighted by Gasteiger charge is -1.99. The van der Waals surface area contributed by atoms with E-state index in [2.05, 4.69) is 15.3 Å². The summed E-state index contributed by atoms with van der Waals surface area (Å²) in [5, 5.41) is 23.7. The van der Waals surface area contributed by atoms with Crippen LogP contribution in [-0.2, 0) is 0 Å². The molecule has 0 aliphatic rings. The van der Waals surface area contributed by atoms with Crippen LogP contribution in [-0.4, -0.2) is 26.8 Å². The molecule has 1 aromatic heterocycles. The summed E-state index contributed by atoms with van der Waals surface area (Å²) >= 11 is 0. The van der Waals surface area contributed by atoms with Crippen LogP contribution in [0.2, 0.25) is 0 Å². The first kappa shape index (κ1) is 11.3. The van der Waals surface area contributed by atoms with Gasteiger partial charge in [0.05, 0.1) is 11.4 Å². The van der Waals surface area contributed by atoms with Crippen LogP contribution in [0.1, 0.15) is 36.4 Å². The number of aromatic amines is 1. The van der Waals surface area contributed by atoms with Crippen LogP contribution in [0.5, 0.6) is 0 Å². The zero-order chi connectivity index (χ0) is 11.6. The van der Waals surface area contributed by atoms with Crippen LogP contribution in [0.25, 0.3) is 0 Å². The summed E-state index contributed by atoms with van der Waals surface area (Å²) in [7, 11) is 0. The minimum Gasteiger partial charge on any atom is -0.411 e. The molecule has 0 aliphatic heterocycles. The van der Waals surface area contributed by atoms with Gasteiger partial charge in [0.2, 0.25) is 0 Å². The summed E-state index contributed by atoms with van der Waals surface area (Å²) in [6.07, 6.45) is 0. The molecule has 0 aromatic carbocycles. The number of oxime groups is 2. The molecule has 0 aliphatic carbocycles. The fraction of sp³-hybridized carbons (Fsp3) is 0.400. The number of aromatic nitrogens is 1. The van der Waals surface area contributed by atoms with Gasteiger partial charge in [0, 0.05) is 11.3 Å².